The first-order valence-corrected chi connectivity index (χ1v) is 12.0. The van der Waals surface area contributed by atoms with Crippen LogP contribution in [0.4, 0.5) is 24.5 Å². The van der Waals surface area contributed by atoms with Gasteiger partial charge in [0.2, 0.25) is 0 Å². The van der Waals surface area contributed by atoms with Crippen LogP contribution in [-0.4, -0.2) is 12.5 Å². The molecule has 3 rings (SSSR count). The molecular weight excluding hydrogens is 417 g/mol. The fourth-order valence-electron chi connectivity index (χ4n) is 3.64. The Morgan fingerprint density at radius 3 is 1.93 bits per heavy atom. The van der Waals surface area contributed by atoms with Gasteiger partial charge in [0.1, 0.15) is 5.75 Å². The lowest BCUT2D eigenvalue weighted by Crippen LogP contribution is -2.07. The number of anilines is 2. The predicted molar refractivity (Wildman–Crippen MR) is 118 cm³/mol. The second-order valence-corrected chi connectivity index (χ2v) is 8.24. The molecule has 8 heteroatoms. The highest BCUT2D eigenvalue weighted by molar-refractivity contribution is 8.00. The minimum absolute atomic E-state index is 0.278. The van der Waals surface area contributed by atoms with E-state index in [0.29, 0.717) is 17.4 Å². The van der Waals surface area contributed by atoms with Gasteiger partial charge in [-0.2, -0.15) is 13.2 Å². The molecule has 0 atom stereocenters. The summed E-state index contributed by atoms with van der Waals surface area (Å²) in [5.41, 5.74) is 1.13. The van der Waals surface area contributed by atoms with Crippen LogP contribution in [0.3, 0.4) is 0 Å². The highest BCUT2D eigenvalue weighted by Crippen LogP contribution is 2.44. The number of rotatable bonds is 7. The number of benzene rings is 2. The quantitative estimate of drug-likeness (QED) is 0.426. The molecule has 158 valence electrons. The van der Waals surface area contributed by atoms with E-state index in [2.05, 4.69) is 21.6 Å². The van der Waals surface area contributed by atoms with Crippen LogP contribution in [0.2, 0.25) is 0 Å². The van der Waals surface area contributed by atoms with Crippen molar-refractivity contribution in [2.24, 2.45) is 0 Å². The van der Waals surface area contributed by atoms with Crippen LogP contribution < -0.4 is 14.2 Å². The molecule has 2 aromatic carbocycles. The lowest BCUT2D eigenvalue weighted by Gasteiger charge is -2.22. The molecule has 0 bridgehead atoms. The van der Waals surface area contributed by atoms with Crippen LogP contribution in [0.5, 0.6) is 11.5 Å². The van der Waals surface area contributed by atoms with Gasteiger partial charge in [0, 0.05) is 12.5 Å². The highest BCUT2D eigenvalue weighted by atomic mass is 32.2. The Kier molecular flexibility index (Phi) is 7.51. The summed E-state index contributed by atoms with van der Waals surface area (Å²) in [7, 11) is 0. The Labute approximate surface area is 178 Å². The van der Waals surface area contributed by atoms with Gasteiger partial charge in [0.25, 0.3) is 0 Å². The van der Waals surface area contributed by atoms with Crippen molar-refractivity contribution in [3.63, 3.8) is 0 Å². The third-order valence-electron chi connectivity index (χ3n) is 5.02. The largest absolute Gasteiger partial charge is 0.453 e. The van der Waals surface area contributed by atoms with Crippen molar-refractivity contribution >= 4 is 35.3 Å². The zero-order valence-corrected chi connectivity index (χ0v) is 18.1. The molecule has 1 saturated carbocycles. The Morgan fingerprint density at radius 1 is 0.897 bits per heavy atom. The number of halogens is 3. The molecule has 1 fully saturated rings. The molecule has 3 nitrogen and oxygen atoms in total. The number of ether oxygens (including phenoxy) is 1. The summed E-state index contributed by atoms with van der Waals surface area (Å²) in [4.78, 5) is 0. The van der Waals surface area contributed by atoms with Crippen molar-refractivity contribution in [3.8, 4) is 11.5 Å². The van der Waals surface area contributed by atoms with Crippen LogP contribution in [0.15, 0.2) is 36.4 Å². The number of hydrogen-bond acceptors (Lipinski definition) is 5. The highest BCUT2D eigenvalue weighted by Gasteiger charge is 2.33. The molecule has 0 unspecified atom stereocenters. The van der Waals surface area contributed by atoms with E-state index in [1.54, 1.807) is 12.5 Å². The molecule has 2 aromatic rings. The summed E-state index contributed by atoms with van der Waals surface area (Å²) in [6.45, 7) is 0. The minimum atomic E-state index is -4.44. The van der Waals surface area contributed by atoms with Gasteiger partial charge >= 0.3 is 6.18 Å². The molecule has 0 spiro atoms. The summed E-state index contributed by atoms with van der Waals surface area (Å²) in [6, 6.07) is 10.1. The molecule has 0 amide bonds. The molecule has 0 saturated heterocycles. The Morgan fingerprint density at radius 2 is 1.45 bits per heavy atom. The van der Waals surface area contributed by atoms with Crippen LogP contribution in [0.25, 0.3) is 0 Å². The maximum Gasteiger partial charge on any atom is 0.416 e. The van der Waals surface area contributed by atoms with Gasteiger partial charge in [-0.25, -0.2) is 0 Å². The third kappa shape index (κ3) is 5.69. The Bertz CT molecular complexity index is 780. The fourth-order valence-corrected chi connectivity index (χ4v) is 4.38. The first-order chi connectivity index (χ1) is 13.9. The maximum absolute atomic E-state index is 13.3. The molecule has 2 N–H and O–H groups in total. The van der Waals surface area contributed by atoms with Gasteiger partial charge in [-0.1, -0.05) is 55.3 Å². The smallest absolute Gasteiger partial charge is 0.416 e. The van der Waals surface area contributed by atoms with E-state index in [1.165, 1.54) is 61.6 Å². The number of nitrogens with one attached hydrogen (secondary N) is 2. The van der Waals surface area contributed by atoms with Crippen molar-refractivity contribution in [2.75, 3.05) is 22.0 Å². The lowest BCUT2D eigenvalue weighted by molar-refractivity contribution is -0.137. The Balaban J connectivity index is 1.90. The van der Waals surface area contributed by atoms with Crippen molar-refractivity contribution < 1.29 is 17.9 Å². The topological polar surface area (TPSA) is 33.3 Å². The molecule has 29 heavy (non-hydrogen) atoms. The maximum atomic E-state index is 13.3. The standard InChI is InChI=1S/C21H25F3N2OS2/c1-28-25-18-12-16(21(22,23)24)13-19(26-29-2)20(18)27-17-10-8-15(9-11-17)14-6-4-3-5-7-14/h8-14,25-26H,3-7H2,1-2H3. The number of hydrogen-bond donors (Lipinski definition) is 2. The van der Waals surface area contributed by atoms with Crippen molar-refractivity contribution in [1.29, 1.82) is 0 Å². The van der Waals surface area contributed by atoms with Crippen molar-refractivity contribution in [2.45, 2.75) is 44.2 Å². The van der Waals surface area contributed by atoms with Gasteiger partial charge in [0.05, 0.1) is 16.9 Å². The van der Waals surface area contributed by atoms with E-state index in [4.69, 9.17) is 4.74 Å². The first-order valence-electron chi connectivity index (χ1n) is 9.53. The summed E-state index contributed by atoms with van der Waals surface area (Å²) in [5, 5.41) is 0. The first kappa shape index (κ1) is 22.0. The van der Waals surface area contributed by atoms with E-state index in [-0.39, 0.29) is 11.4 Å². The molecule has 0 heterocycles. The predicted octanol–water partition coefficient (Wildman–Crippen LogP) is 7.93. The van der Waals surface area contributed by atoms with E-state index in [1.807, 2.05) is 12.1 Å². The van der Waals surface area contributed by atoms with E-state index in [9.17, 15) is 13.2 Å². The molecular formula is C21H25F3N2OS2. The SMILES string of the molecule is CSNc1cc(C(F)(F)F)cc(NSC)c1Oc1ccc(C2CCCCC2)cc1. The van der Waals surface area contributed by atoms with Crippen molar-refractivity contribution in [1.82, 2.24) is 0 Å². The summed E-state index contributed by atoms with van der Waals surface area (Å²) >= 11 is 2.43. The second-order valence-electron chi connectivity index (χ2n) is 7.02. The van der Waals surface area contributed by atoms with Crippen molar-refractivity contribution in [3.05, 3.63) is 47.5 Å². The van der Waals surface area contributed by atoms with Gasteiger partial charge in [-0.15, -0.1) is 0 Å². The van der Waals surface area contributed by atoms with Crippen LogP contribution >= 0.6 is 23.9 Å². The number of alkyl halides is 3. The molecule has 0 aromatic heterocycles. The van der Waals surface area contributed by atoms with Gasteiger partial charge in [0.15, 0.2) is 5.75 Å². The molecule has 0 aliphatic heterocycles. The molecule has 1 aliphatic rings. The fraction of sp³-hybridized carbons (Fsp3) is 0.429. The van der Waals surface area contributed by atoms with Crippen LogP contribution in [-0.2, 0) is 6.18 Å². The Hall–Kier alpha value is -1.67. The van der Waals surface area contributed by atoms with E-state index >= 15 is 0 Å². The zero-order valence-electron chi connectivity index (χ0n) is 16.4. The minimum Gasteiger partial charge on any atom is -0.453 e. The summed E-state index contributed by atoms with van der Waals surface area (Å²) < 4.78 is 51.8. The second kappa shape index (κ2) is 9.89. The summed E-state index contributed by atoms with van der Waals surface area (Å²) in [6.07, 6.45) is 5.33. The molecule has 1 aliphatic carbocycles. The molecule has 0 radical (unpaired) electrons. The van der Waals surface area contributed by atoms with Gasteiger partial charge in [-0.3, -0.25) is 0 Å². The van der Waals surface area contributed by atoms with Crippen LogP contribution in [0, 0.1) is 0 Å². The lowest BCUT2D eigenvalue weighted by atomic mass is 9.84. The average molecular weight is 443 g/mol. The van der Waals surface area contributed by atoms with Crippen LogP contribution in [0.1, 0.15) is 49.1 Å². The monoisotopic (exact) mass is 442 g/mol. The third-order valence-corrected chi connectivity index (χ3v) is 5.86. The van der Waals surface area contributed by atoms with E-state index < -0.39 is 11.7 Å². The van der Waals surface area contributed by atoms with E-state index in [0.717, 1.165) is 12.1 Å². The average Bonchev–Trinajstić information content (AvgIpc) is 2.71. The zero-order chi connectivity index (χ0) is 20.9. The normalized spacial score (nSPS) is 15.2. The summed E-state index contributed by atoms with van der Waals surface area (Å²) in [5.74, 6) is 1.52. The van der Waals surface area contributed by atoms with Gasteiger partial charge in [-0.05, 0) is 48.6 Å². The van der Waals surface area contributed by atoms with Gasteiger partial charge < -0.3 is 14.2 Å².